The van der Waals surface area contributed by atoms with Gasteiger partial charge in [0.1, 0.15) is 23.7 Å². The molecule has 0 fully saturated rings. The second-order valence-corrected chi connectivity index (χ2v) is 6.95. The minimum Gasteiger partial charge on any atom is -0.497 e. The number of ether oxygens (including phenoxy) is 4. The number of fused-ring (bicyclic) bond motifs is 1. The number of rotatable bonds is 8. The first-order valence-corrected chi connectivity index (χ1v) is 8.94. The van der Waals surface area contributed by atoms with Crippen molar-refractivity contribution >= 4 is 5.91 Å². The minimum atomic E-state index is -0.213. The fourth-order valence-electron chi connectivity index (χ4n) is 2.92. The number of carbonyl (C=O) groups excluding carboxylic acids is 1. The second-order valence-electron chi connectivity index (χ2n) is 6.95. The van der Waals surface area contributed by atoms with Crippen molar-refractivity contribution in [1.82, 2.24) is 5.32 Å². The van der Waals surface area contributed by atoms with Gasteiger partial charge in [-0.15, -0.1) is 0 Å². The molecule has 6 nitrogen and oxygen atoms in total. The molecule has 1 heterocycles. The van der Waals surface area contributed by atoms with Gasteiger partial charge in [0.05, 0.1) is 13.7 Å². The van der Waals surface area contributed by atoms with E-state index in [1.807, 2.05) is 12.1 Å². The summed E-state index contributed by atoms with van der Waals surface area (Å²) in [6.07, 6.45) is 0.860. The average Bonchev–Trinajstić information content (AvgIpc) is 2.98. The molecule has 0 atom stereocenters. The summed E-state index contributed by atoms with van der Waals surface area (Å²) in [7, 11) is 1.60. The fraction of sp³-hybridized carbons (Fsp3) is 0.381. The summed E-state index contributed by atoms with van der Waals surface area (Å²) in [6.45, 7) is 4.80. The molecule has 1 aliphatic rings. The molecule has 3 rings (SSSR count). The molecule has 144 valence electrons. The lowest BCUT2D eigenvalue weighted by molar-refractivity contribution is -0.123. The molecular formula is C21H25NO5. The molecule has 0 bridgehead atoms. The predicted molar refractivity (Wildman–Crippen MR) is 102 cm³/mol. The predicted octanol–water partition coefficient (Wildman–Crippen LogP) is 2.98. The molecule has 0 unspecified atom stereocenters. The number of amides is 1. The van der Waals surface area contributed by atoms with Gasteiger partial charge in [-0.1, -0.05) is 12.1 Å². The number of benzene rings is 2. The molecule has 1 amide bonds. The van der Waals surface area contributed by atoms with E-state index in [1.165, 1.54) is 0 Å². The van der Waals surface area contributed by atoms with Gasteiger partial charge in [0.2, 0.25) is 0 Å². The van der Waals surface area contributed by atoms with Gasteiger partial charge in [-0.05, 0) is 44.2 Å². The molecule has 1 N–H and O–H groups in total. The fourth-order valence-corrected chi connectivity index (χ4v) is 2.92. The first kappa shape index (κ1) is 18.9. The Bertz CT molecular complexity index is 786. The molecule has 0 spiro atoms. The van der Waals surface area contributed by atoms with Gasteiger partial charge in [0.15, 0.2) is 18.1 Å². The van der Waals surface area contributed by atoms with E-state index in [0.717, 1.165) is 23.5 Å². The number of hydrogen-bond acceptors (Lipinski definition) is 5. The number of hydrogen-bond donors (Lipinski definition) is 1. The average molecular weight is 371 g/mol. The van der Waals surface area contributed by atoms with Crippen LogP contribution in [0.3, 0.4) is 0 Å². The minimum absolute atomic E-state index is 0.0512. The molecule has 0 radical (unpaired) electrons. The van der Waals surface area contributed by atoms with Gasteiger partial charge in [-0.2, -0.15) is 0 Å². The summed E-state index contributed by atoms with van der Waals surface area (Å²) >= 11 is 0. The van der Waals surface area contributed by atoms with Crippen molar-refractivity contribution in [2.75, 3.05) is 26.9 Å². The summed E-state index contributed by atoms with van der Waals surface area (Å²) < 4.78 is 22.3. The Balaban J connectivity index is 1.39. The number of nitrogens with one attached hydrogen (secondary N) is 1. The Morgan fingerprint density at radius 2 is 1.85 bits per heavy atom. The Morgan fingerprint density at radius 3 is 2.59 bits per heavy atom. The van der Waals surface area contributed by atoms with Crippen molar-refractivity contribution in [3.05, 3.63) is 48.0 Å². The molecule has 0 saturated heterocycles. The van der Waals surface area contributed by atoms with Crippen LogP contribution in [0, 0.1) is 0 Å². The maximum Gasteiger partial charge on any atom is 0.258 e. The van der Waals surface area contributed by atoms with Crippen molar-refractivity contribution in [3.8, 4) is 23.0 Å². The van der Waals surface area contributed by atoms with Crippen LogP contribution in [-0.2, 0) is 11.2 Å². The Kier molecular flexibility index (Phi) is 5.74. The van der Waals surface area contributed by atoms with Crippen molar-refractivity contribution in [1.29, 1.82) is 0 Å². The summed E-state index contributed by atoms with van der Waals surface area (Å²) in [5, 5.41) is 2.78. The van der Waals surface area contributed by atoms with Crippen molar-refractivity contribution in [2.45, 2.75) is 25.9 Å². The third-order valence-corrected chi connectivity index (χ3v) is 4.17. The van der Waals surface area contributed by atoms with Crippen LogP contribution in [0.25, 0.3) is 0 Å². The Morgan fingerprint density at radius 1 is 1.11 bits per heavy atom. The van der Waals surface area contributed by atoms with Crippen LogP contribution < -0.4 is 24.3 Å². The summed E-state index contributed by atoms with van der Waals surface area (Å²) in [6, 6.07) is 13.0. The lowest BCUT2D eigenvalue weighted by Gasteiger charge is -2.18. The zero-order valence-electron chi connectivity index (χ0n) is 15.9. The molecular weight excluding hydrogens is 346 g/mol. The summed E-state index contributed by atoms with van der Waals surface area (Å²) in [5.41, 5.74) is 0.934. The zero-order valence-corrected chi connectivity index (χ0v) is 15.9. The first-order chi connectivity index (χ1) is 13.0. The Labute approximate surface area is 159 Å². The van der Waals surface area contributed by atoms with Gasteiger partial charge in [-0.25, -0.2) is 0 Å². The van der Waals surface area contributed by atoms with Crippen molar-refractivity contribution in [3.63, 3.8) is 0 Å². The highest BCUT2D eigenvalue weighted by molar-refractivity contribution is 5.77. The van der Waals surface area contributed by atoms with E-state index in [1.54, 1.807) is 31.4 Å². The standard InChI is InChI=1S/C21H25NO5/c1-21(2)13-15-5-4-6-18(20(15)27-21)25-12-11-22-19(23)14-26-17-9-7-16(24-3)8-10-17/h4-10H,11-14H2,1-3H3,(H,22,23). The molecule has 0 aromatic heterocycles. The van der Waals surface area contributed by atoms with E-state index >= 15 is 0 Å². The highest BCUT2D eigenvalue weighted by Crippen LogP contribution is 2.41. The lowest BCUT2D eigenvalue weighted by Crippen LogP contribution is -2.32. The molecule has 1 aliphatic heterocycles. The van der Waals surface area contributed by atoms with E-state index in [0.29, 0.717) is 24.7 Å². The van der Waals surface area contributed by atoms with Crippen LogP contribution in [0.5, 0.6) is 23.0 Å². The molecule has 27 heavy (non-hydrogen) atoms. The smallest absolute Gasteiger partial charge is 0.258 e. The van der Waals surface area contributed by atoms with Crippen LogP contribution in [-0.4, -0.2) is 38.4 Å². The quantitative estimate of drug-likeness (QED) is 0.723. The largest absolute Gasteiger partial charge is 0.497 e. The molecule has 2 aromatic rings. The van der Waals surface area contributed by atoms with E-state index in [-0.39, 0.29) is 18.1 Å². The molecule has 0 saturated carbocycles. The molecule has 6 heteroatoms. The van der Waals surface area contributed by atoms with Gasteiger partial charge >= 0.3 is 0 Å². The van der Waals surface area contributed by atoms with Crippen LogP contribution in [0.4, 0.5) is 0 Å². The van der Waals surface area contributed by atoms with Crippen LogP contribution in [0.15, 0.2) is 42.5 Å². The van der Waals surface area contributed by atoms with Crippen molar-refractivity contribution < 1.29 is 23.7 Å². The van der Waals surface area contributed by atoms with Gasteiger partial charge < -0.3 is 24.3 Å². The van der Waals surface area contributed by atoms with E-state index in [9.17, 15) is 4.79 Å². The van der Waals surface area contributed by atoms with Gasteiger partial charge in [-0.3, -0.25) is 4.79 Å². The zero-order chi connectivity index (χ0) is 19.3. The molecule has 2 aromatic carbocycles. The number of para-hydroxylation sites is 1. The first-order valence-electron chi connectivity index (χ1n) is 8.94. The second kappa shape index (κ2) is 8.20. The highest BCUT2D eigenvalue weighted by atomic mass is 16.5. The van der Waals surface area contributed by atoms with Gasteiger partial charge in [0, 0.05) is 12.0 Å². The monoisotopic (exact) mass is 371 g/mol. The summed E-state index contributed by atoms with van der Waals surface area (Å²) in [5.74, 6) is 2.66. The number of methoxy groups -OCH3 is 1. The topological polar surface area (TPSA) is 66.0 Å². The number of carbonyl (C=O) groups is 1. The van der Waals surface area contributed by atoms with Crippen LogP contribution in [0.1, 0.15) is 19.4 Å². The van der Waals surface area contributed by atoms with E-state index in [4.69, 9.17) is 18.9 Å². The van der Waals surface area contributed by atoms with Crippen LogP contribution in [0.2, 0.25) is 0 Å². The van der Waals surface area contributed by atoms with Gasteiger partial charge in [0.25, 0.3) is 5.91 Å². The summed E-state index contributed by atoms with van der Waals surface area (Å²) in [4.78, 5) is 11.9. The normalized spacial score (nSPS) is 14.0. The van der Waals surface area contributed by atoms with E-state index in [2.05, 4.69) is 25.2 Å². The van der Waals surface area contributed by atoms with E-state index < -0.39 is 0 Å². The van der Waals surface area contributed by atoms with Crippen molar-refractivity contribution in [2.24, 2.45) is 0 Å². The third kappa shape index (κ3) is 5.06. The maximum absolute atomic E-state index is 11.9. The third-order valence-electron chi connectivity index (χ3n) is 4.17. The van der Waals surface area contributed by atoms with Crippen LogP contribution >= 0.6 is 0 Å². The Hall–Kier alpha value is -2.89. The highest BCUT2D eigenvalue weighted by Gasteiger charge is 2.32. The lowest BCUT2D eigenvalue weighted by atomic mass is 10.0. The maximum atomic E-state index is 11.9. The SMILES string of the molecule is COc1ccc(OCC(=O)NCCOc2cccc3c2OC(C)(C)C3)cc1. The molecule has 0 aliphatic carbocycles.